The molecule has 1 amide bonds. The summed E-state index contributed by atoms with van der Waals surface area (Å²) in [5.74, 6) is 2.45. The Balaban J connectivity index is 1.10. The molecule has 1 aliphatic rings. The van der Waals surface area contributed by atoms with Gasteiger partial charge < -0.3 is 19.1 Å². The average molecular weight is 523 g/mol. The summed E-state index contributed by atoms with van der Waals surface area (Å²) in [6.45, 7) is 7.81. The number of rotatable bonds is 7. The lowest BCUT2D eigenvalue weighted by Gasteiger charge is -2.32. The molecule has 0 saturated carbocycles. The third-order valence-corrected chi connectivity index (χ3v) is 6.86. The number of fused-ring (bicyclic) bond motifs is 1. The number of benzene rings is 2. The number of carbonyl (C=O) groups is 1. The predicted octanol–water partition coefficient (Wildman–Crippen LogP) is 5.27. The lowest BCUT2D eigenvalue weighted by molar-refractivity contribution is 0.0202. The molecule has 0 bridgehead atoms. The Bertz CT molecular complexity index is 1310. The predicted molar refractivity (Wildman–Crippen MR) is 139 cm³/mol. The second-order valence-corrected chi connectivity index (χ2v) is 10.9. The van der Waals surface area contributed by atoms with Crippen LogP contribution in [0.3, 0.4) is 0 Å². The summed E-state index contributed by atoms with van der Waals surface area (Å²) in [6, 6.07) is 15.4. The first-order chi connectivity index (χ1) is 17.8. The summed E-state index contributed by atoms with van der Waals surface area (Å²) < 4.78 is 20.2. The zero-order valence-corrected chi connectivity index (χ0v) is 22.0. The van der Waals surface area contributed by atoms with Gasteiger partial charge in [0.15, 0.2) is 5.82 Å². The molecule has 0 N–H and O–H groups in total. The molecule has 3 heterocycles. The van der Waals surface area contributed by atoms with Crippen LogP contribution in [0.2, 0.25) is 0 Å². The van der Waals surface area contributed by atoms with Gasteiger partial charge in [-0.2, -0.15) is 0 Å². The van der Waals surface area contributed by atoms with Crippen molar-refractivity contribution in [2.45, 2.75) is 51.7 Å². The van der Waals surface area contributed by atoms with Gasteiger partial charge >= 0.3 is 6.09 Å². The van der Waals surface area contributed by atoms with Gasteiger partial charge in [-0.1, -0.05) is 23.5 Å². The number of tetrazole rings is 1. The first kappa shape index (κ1) is 24.9. The summed E-state index contributed by atoms with van der Waals surface area (Å²) in [7, 11) is 0. The molecule has 37 heavy (non-hydrogen) atoms. The maximum atomic E-state index is 12.3. The minimum absolute atomic E-state index is 0.188. The lowest BCUT2D eigenvalue weighted by atomic mass is 9.96. The second kappa shape index (κ2) is 10.7. The van der Waals surface area contributed by atoms with Crippen LogP contribution < -0.4 is 9.47 Å². The van der Waals surface area contributed by atoms with Crippen LogP contribution in [-0.2, 0) is 11.3 Å². The van der Waals surface area contributed by atoms with Gasteiger partial charge in [0, 0.05) is 19.0 Å². The molecule has 1 saturated heterocycles. The Morgan fingerprint density at radius 3 is 2.51 bits per heavy atom. The number of amides is 1. The van der Waals surface area contributed by atoms with Crippen LogP contribution in [0.25, 0.3) is 10.2 Å². The zero-order valence-electron chi connectivity index (χ0n) is 21.2. The minimum atomic E-state index is -0.498. The van der Waals surface area contributed by atoms with Crippen LogP contribution in [0.1, 0.15) is 45.4 Å². The molecule has 0 aliphatic carbocycles. The van der Waals surface area contributed by atoms with Gasteiger partial charge in [-0.25, -0.2) is 14.5 Å². The van der Waals surface area contributed by atoms with Crippen molar-refractivity contribution >= 4 is 27.6 Å². The van der Waals surface area contributed by atoms with E-state index in [1.54, 1.807) is 9.58 Å². The fraction of sp³-hybridized carbons (Fsp3) is 0.423. The monoisotopic (exact) mass is 522 g/mol. The maximum Gasteiger partial charge on any atom is 0.410 e. The molecule has 1 aliphatic heterocycles. The van der Waals surface area contributed by atoms with E-state index in [1.807, 2.05) is 69.3 Å². The number of likely N-dealkylation sites (tertiary alicyclic amines) is 1. The van der Waals surface area contributed by atoms with E-state index in [0.29, 0.717) is 37.2 Å². The third-order valence-electron chi connectivity index (χ3n) is 5.95. The maximum absolute atomic E-state index is 12.3. The molecule has 194 valence electrons. The number of nitrogens with zero attached hydrogens (tertiary/aromatic N) is 6. The van der Waals surface area contributed by atoms with Crippen molar-refractivity contribution in [3.8, 4) is 16.7 Å². The highest BCUT2D eigenvalue weighted by Crippen LogP contribution is 2.32. The van der Waals surface area contributed by atoms with Crippen LogP contribution in [0.5, 0.6) is 16.7 Å². The third kappa shape index (κ3) is 6.34. The van der Waals surface area contributed by atoms with Gasteiger partial charge in [0.05, 0.1) is 16.8 Å². The Labute approximate surface area is 219 Å². The molecule has 11 heteroatoms. The zero-order chi connectivity index (χ0) is 25.8. The summed E-state index contributed by atoms with van der Waals surface area (Å²) in [6.07, 6.45) is 1.31. The van der Waals surface area contributed by atoms with E-state index in [4.69, 9.17) is 14.2 Å². The highest BCUT2D eigenvalue weighted by atomic mass is 32.1. The topological polar surface area (TPSA) is 104 Å². The minimum Gasteiger partial charge on any atom is -0.492 e. The largest absolute Gasteiger partial charge is 0.492 e. The fourth-order valence-corrected chi connectivity index (χ4v) is 4.99. The van der Waals surface area contributed by atoms with Gasteiger partial charge in [-0.15, -0.1) is 5.10 Å². The summed E-state index contributed by atoms with van der Waals surface area (Å²) in [5, 5.41) is 12.9. The molecule has 0 unspecified atom stereocenters. The molecule has 0 atom stereocenters. The van der Waals surface area contributed by atoms with Crippen molar-refractivity contribution in [3.05, 3.63) is 54.4 Å². The summed E-state index contributed by atoms with van der Waals surface area (Å²) in [4.78, 5) is 18.6. The van der Waals surface area contributed by atoms with Gasteiger partial charge in [-0.3, -0.25) is 0 Å². The van der Waals surface area contributed by atoms with Crippen LogP contribution in [0.4, 0.5) is 4.79 Å². The molecule has 0 radical (unpaired) electrons. The molecule has 1 fully saturated rings. The van der Waals surface area contributed by atoms with Gasteiger partial charge in [0.1, 0.15) is 23.7 Å². The number of para-hydroxylation sites is 1. The first-order valence-electron chi connectivity index (χ1n) is 12.3. The van der Waals surface area contributed by atoms with Crippen LogP contribution in [-0.4, -0.2) is 61.5 Å². The molecular formula is C26H30N6O4S. The van der Waals surface area contributed by atoms with E-state index < -0.39 is 5.60 Å². The highest BCUT2D eigenvalue weighted by molar-refractivity contribution is 7.20. The van der Waals surface area contributed by atoms with Crippen molar-refractivity contribution in [3.63, 3.8) is 0 Å². The Hall–Kier alpha value is -3.73. The van der Waals surface area contributed by atoms with Gasteiger partial charge in [0.2, 0.25) is 0 Å². The fourth-order valence-electron chi connectivity index (χ4n) is 4.16. The summed E-state index contributed by atoms with van der Waals surface area (Å²) >= 11 is 1.51. The SMILES string of the molecule is CC(C)(C)OC(=O)N1CCC(c2nnnn2CCOc2ccc(Oc3nc4ccccc4s3)cc2)CC1. The average Bonchev–Trinajstić information content (AvgIpc) is 3.51. The number of aromatic nitrogens is 5. The first-order valence-corrected chi connectivity index (χ1v) is 13.2. The molecule has 10 nitrogen and oxygen atoms in total. The number of ether oxygens (including phenoxy) is 3. The van der Waals surface area contributed by atoms with E-state index in [2.05, 4.69) is 20.5 Å². The molecule has 4 aromatic rings. The number of thiazole rings is 1. The van der Waals surface area contributed by atoms with E-state index >= 15 is 0 Å². The summed E-state index contributed by atoms with van der Waals surface area (Å²) in [5.41, 5.74) is 0.430. The van der Waals surface area contributed by atoms with Crippen molar-refractivity contribution in [2.75, 3.05) is 19.7 Å². The number of carbonyl (C=O) groups excluding carboxylic acids is 1. The highest BCUT2D eigenvalue weighted by Gasteiger charge is 2.29. The van der Waals surface area contributed by atoms with Crippen molar-refractivity contribution in [2.24, 2.45) is 0 Å². The van der Waals surface area contributed by atoms with Crippen molar-refractivity contribution in [1.29, 1.82) is 0 Å². The Morgan fingerprint density at radius 2 is 1.78 bits per heavy atom. The van der Waals surface area contributed by atoms with E-state index in [-0.39, 0.29) is 12.0 Å². The van der Waals surface area contributed by atoms with E-state index in [9.17, 15) is 4.79 Å². The van der Waals surface area contributed by atoms with E-state index in [1.165, 1.54) is 11.3 Å². The number of hydrogen-bond donors (Lipinski definition) is 0. The molecule has 2 aromatic heterocycles. The van der Waals surface area contributed by atoms with Gasteiger partial charge in [0.25, 0.3) is 5.19 Å². The smallest absolute Gasteiger partial charge is 0.410 e. The number of hydrogen-bond acceptors (Lipinski definition) is 9. The second-order valence-electron chi connectivity index (χ2n) is 9.87. The molecule has 0 spiro atoms. The van der Waals surface area contributed by atoms with Crippen LogP contribution in [0, 0.1) is 0 Å². The van der Waals surface area contributed by atoms with Crippen LogP contribution in [0.15, 0.2) is 48.5 Å². The Morgan fingerprint density at radius 1 is 1.05 bits per heavy atom. The molecule has 5 rings (SSSR count). The quantitative estimate of drug-likeness (QED) is 0.323. The van der Waals surface area contributed by atoms with E-state index in [0.717, 1.165) is 34.6 Å². The number of piperidine rings is 1. The van der Waals surface area contributed by atoms with Gasteiger partial charge in [-0.05, 0) is 80.4 Å². The lowest BCUT2D eigenvalue weighted by Crippen LogP contribution is -2.41. The normalized spacial score (nSPS) is 14.6. The Kier molecular flexibility index (Phi) is 7.22. The molecular weight excluding hydrogens is 492 g/mol. The standard InChI is InChI=1S/C26H30N6O4S/c1-26(2,3)36-25(33)31-14-12-18(13-15-31)23-28-29-30-32(23)16-17-34-19-8-10-20(11-9-19)35-24-27-21-6-4-5-7-22(21)37-24/h4-11,18H,12-17H2,1-3H3. The molecule has 2 aromatic carbocycles. The van der Waals surface area contributed by atoms with Crippen LogP contribution >= 0.6 is 11.3 Å². The van der Waals surface area contributed by atoms with Crippen molar-refractivity contribution in [1.82, 2.24) is 30.1 Å². The van der Waals surface area contributed by atoms with Crippen molar-refractivity contribution < 1.29 is 19.0 Å².